The monoisotopic (exact) mass is 390 g/mol. The molecule has 2 aromatic rings. The first-order valence-corrected chi connectivity index (χ1v) is 8.74. The zero-order valence-electron chi connectivity index (χ0n) is 17.0. The zero-order chi connectivity index (χ0) is 22.0. The van der Waals surface area contributed by atoms with E-state index in [1.165, 1.54) is 0 Å². The lowest BCUT2D eigenvalue weighted by molar-refractivity contribution is -0.0982. The molecule has 6 heteroatoms. The van der Waals surface area contributed by atoms with Crippen molar-refractivity contribution in [3.8, 4) is 0 Å². The highest BCUT2D eigenvalue weighted by Crippen LogP contribution is 2.27. The van der Waals surface area contributed by atoms with E-state index in [1.54, 1.807) is 74.5 Å². The van der Waals surface area contributed by atoms with Gasteiger partial charge in [-0.2, -0.15) is 0 Å². The fourth-order valence-electron chi connectivity index (χ4n) is 2.22. The molecule has 0 radical (unpaired) electrons. The molecule has 0 spiro atoms. The van der Waals surface area contributed by atoms with Gasteiger partial charge in [0, 0.05) is 0 Å². The second kappa shape index (κ2) is 11.2. The van der Waals surface area contributed by atoms with E-state index < -0.39 is 23.6 Å². The second-order valence-corrected chi connectivity index (χ2v) is 7.76. The van der Waals surface area contributed by atoms with Gasteiger partial charge in [0.05, 0.1) is 22.8 Å². The molecule has 0 fully saturated rings. The van der Waals surface area contributed by atoms with Crippen molar-refractivity contribution in [1.29, 1.82) is 0 Å². The fraction of sp³-hybridized carbons (Fsp3) is 0.364. The SMILES string of the molecule is CC(C)(C)C(O)C(C)(C)O.O=C(O)c1ccccc1.O=C(O)c1ccccc1. The van der Waals surface area contributed by atoms with Crippen molar-refractivity contribution in [2.45, 2.75) is 46.3 Å². The Kier molecular flexibility index (Phi) is 10.1. The molecule has 0 amide bonds. The van der Waals surface area contributed by atoms with Gasteiger partial charge in [-0.1, -0.05) is 57.2 Å². The van der Waals surface area contributed by atoms with E-state index in [4.69, 9.17) is 10.2 Å². The summed E-state index contributed by atoms with van der Waals surface area (Å²) in [6.45, 7) is 8.92. The highest BCUT2D eigenvalue weighted by molar-refractivity contribution is 5.87. The van der Waals surface area contributed by atoms with Crippen LogP contribution in [-0.4, -0.2) is 44.1 Å². The molecule has 0 aliphatic heterocycles. The Balaban J connectivity index is 0.000000391. The molecule has 4 N–H and O–H groups in total. The predicted octanol–water partition coefficient (Wildman–Crippen LogP) is 3.93. The lowest BCUT2D eigenvalue weighted by atomic mass is 9.80. The summed E-state index contributed by atoms with van der Waals surface area (Å²) in [6.07, 6.45) is -0.681. The Bertz CT molecular complexity index is 649. The summed E-state index contributed by atoms with van der Waals surface area (Å²) < 4.78 is 0. The minimum absolute atomic E-state index is 0.252. The fourth-order valence-corrected chi connectivity index (χ4v) is 2.22. The predicted molar refractivity (Wildman–Crippen MR) is 109 cm³/mol. The smallest absolute Gasteiger partial charge is 0.335 e. The van der Waals surface area contributed by atoms with E-state index in [-0.39, 0.29) is 5.41 Å². The van der Waals surface area contributed by atoms with Crippen molar-refractivity contribution in [3.63, 3.8) is 0 Å². The number of aliphatic hydroxyl groups is 2. The third kappa shape index (κ3) is 10.4. The maximum atomic E-state index is 10.2. The highest BCUT2D eigenvalue weighted by atomic mass is 16.4. The van der Waals surface area contributed by atoms with Crippen LogP contribution in [0.3, 0.4) is 0 Å². The van der Waals surface area contributed by atoms with Crippen LogP contribution in [0.1, 0.15) is 55.3 Å². The average molecular weight is 390 g/mol. The molecule has 0 aliphatic rings. The molecule has 2 aromatic carbocycles. The number of benzene rings is 2. The van der Waals surface area contributed by atoms with Gasteiger partial charge in [-0.3, -0.25) is 0 Å². The molecule has 0 aromatic heterocycles. The second-order valence-electron chi connectivity index (χ2n) is 7.76. The van der Waals surface area contributed by atoms with E-state index in [9.17, 15) is 19.8 Å². The van der Waals surface area contributed by atoms with Crippen LogP contribution >= 0.6 is 0 Å². The largest absolute Gasteiger partial charge is 0.478 e. The summed E-state index contributed by atoms with van der Waals surface area (Å²) in [6, 6.07) is 16.6. The first-order valence-electron chi connectivity index (χ1n) is 8.74. The van der Waals surface area contributed by atoms with Crippen molar-refractivity contribution >= 4 is 11.9 Å². The van der Waals surface area contributed by atoms with Gasteiger partial charge in [0.2, 0.25) is 0 Å². The number of aliphatic hydroxyl groups excluding tert-OH is 1. The van der Waals surface area contributed by atoms with Gasteiger partial charge in [-0.15, -0.1) is 0 Å². The topological polar surface area (TPSA) is 115 Å². The normalized spacial score (nSPS) is 11.8. The van der Waals surface area contributed by atoms with Crippen molar-refractivity contribution in [1.82, 2.24) is 0 Å². The summed E-state index contributed by atoms with van der Waals surface area (Å²) in [5.41, 5.74) is -0.591. The van der Waals surface area contributed by atoms with E-state index in [1.807, 2.05) is 20.8 Å². The molecular weight excluding hydrogens is 360 g/mol. The Hall–Kier alpha value is -2.70. The Labute approximate surface area is 166 Å². The van der Waals surface area contributed by atoms with Gasteiger partial charge in [-0.25, -0.2) is 9.59 Å². The van der Waals surface area contributed by atoms with Gasteiger partial charge in [0.1, 0.15) is 0 Å². The van der Waals surface area contributed by atoms with Crippen molar-refractivity contribution in [2.24, 2.45) is 5.41 Å². The lowest BCUT2D eigenvalue weighted by Crippen LogP contribution is -2.44. The maximum absolute atomic E-state index is 10.2. The minimum Gasteiger partial charge on any atom is -0.478 e. The summed E-state index contributed by atoms with van der Waals surface area (Å²) in [7, 11) is 0. The molecular formula is C22H30O6. The van der Waals surface area contributed by atoms with Crippen LogP contribution < -0.4 is 0 Å². The van der Waals surface area contributed by atoms with Crippen LogP contribution in [0, 0.1) is 5.41 Å². The number of hydrogen-bond donors (Lipinski definition) is 4. The van der Waals surface area contributed by atoms with E-state index in [2.05, 4.69) is 0 Å². The van der Waals surface area contributed by atoms with Gasteiger partial charge in [-0.05, 0) is 43.5 Å². The number of rotatable bonds is 3. The summed E-state index contributed by atoms with van der Waals surface area (Å²) in [5.74, 6) is -1.76. The first-order chi connectivity index (χ1) is 12.8. The number of hydrogen-bond acceptors (Lipinski definition) is 4. The van der Waals surface area contributed by atoms with E-state index in [0.717, 1.165) is 0 Å². The summed E-state index contributed by atoms with van der Waals surface area (Å²) in [4.78, 5) is 20.4. The quantitative estimate of drug-likeness (QED) is 0.631. The van der Waals surface area contributed by atoms with Crippen LogP contribution in [0.15, 0.2) is 60.7 Å². The maximum Gasteiger partial charge on any atom is 0.335 e. The minimum atomic E-state index is -1.00. The Morgan fingerprint density at radius 2 is 1.00 bits per heavy atom. The molecule has 0 saturated carbocycles. The van der Waals surface area contributed by atoms with Gasteiger partial charge in [0.25, 0.3) is 0 Å². The third-order valence-corrected chi connectivity index (χ3v) is 3.53. The van der Waals surface area contributed by atoms with Crippen LogP contribution in [0.25, 0.3) is 0 Å². The number of carboxylic acid groups (broad SMARTS) is 2. The third-order valence-electron chi connectivity index (χ3n) is 3.53. The van der Waals surface area contributed by atoms with Gasteiger partial charge in [0.15, 0.2) is 0 Å². The molecule has 0 aliphatic carbocycles. The molecule has 0 heterocycles. The van der Waals surface area contributed by atoms with Crippen molar-refractivity contribution < 1.29 is 30.0 Å². The van der Waals surface area contributed by atoms with Gasteiger partial charge < -0.3 is 20.4 Å². The molecule has 28 heavy (non-hydrogen) atoms. The van der Waals surface area contributed by atoms with Gasteiger partial charge >= 0.3 is 11.9 Å². The highest BCUT2D eigenvalue weighted by Gasteiger charge is 2.34. The number of carboxylic acids is 2. The molecule has 1 atom stereocenters. The van der Waals surface area contributed by atoms with Crippen LogP contribution in [0.5, 0.6) is 0 Å². The summed E-state index contributed by atoms with van der Waals surface area (Å²) >= 11 is 0. The Morgan fingerprint density at radius 3 is 1.11 bits per heavy atom. The molecule has 1 unspecified atom stereocenters. The van der Waals surface area contributed by atoms with Crippen molar-refractivity contribution in [3.05, 3.63) is 71.8 Å². The number of aromatic carboxylic acids is 2. The molecule has 0 bridgehead atoms. The average Bonchev–Trinajstić information content (AvgIpc) is 2.62. The lowest BCUT2D eigenvalue weighted by Gasteiger charge is -2.34. The standard InChI is InChI=1S/C8H18O2.2C7H6O2/c1-7(2,3)6(9)8(4,5)10;2*8-7(9)6-4-2-1-3-5-6/h6,9-10H,1-5H3;2*1-5H,(H,8,9). The van der Waals surface area contributed by atoms with Crippen molar-refractivity contribution in [2.75, 3.05) is 0 Å². The first kappa shape index (κ1) is 25.3. The number of carbonyl (C=O) groups is 2. The van der Waals surface area contributed by atoms with Crippen LogP contribution in [0.2, 0.25) is 0 Å². The van der Waals surface area contributed by atoms with E-state index in [0.29, 0.717) is 11.1 Å². The zero-order valence-corrected chi connectivity index (χ0v) is 17.0. The summed E-state index contributed by atoms with van der Waals surface area (Å²) in [5, 5.41) is 35.6. The Morgan fingerprint density at radius 1 is 0.714 bits per heavy atom. The van der Waals surface area contributed by atoms with Crippen LogP contribution in [-0.2, 0) is 0 Å². The molecule has 154 valence electrons. The molecule has 6 nitrogen and oxygen atoms in total. The molecule has 2 rings (SSSR count). The van der Waals surface area contributed by atoms with E-state index >= 15 is 0 Å². The van der Waals surface area contributed by atoms with Crippen LogP contribution in [0.4, 0.5) is 0 Å². The molecule has 0 saturated heterocycles.